The average Bonchev–Trinajstić information content (AvgIpc) is 3.60. The first-order valence-electron chi connectivity index (χ1n) is 17.5. The van der Waals surface area contributed by atoms with Crippen LogP contribution in [0.4, 0.5) is 20.3 Å². The minimum absolute atomic E-state index is 0.0479. The minimum Gasteiger partial charge on any atom is -0.481 e. The van der Waals surface area contributed by atoms with E-state index in [0.717, 1.165) is 54.1 Å². The Labute approximate surface area is 317 Å². The highest BCUT2D eigenvalue weighted by Gasteiger charge is 2.31. The molecule has 14 heteroatoms. The van der Waals surface area contributed by atoms with Gasteiger partial charge in [-0.05, 0) is 63.0 Å². The largest absolute Gasteiger partial charge is 0.481 e. The highest BCUT2D eigenvalue weighted by Crippen LogP contribution is 2.45. The molecule has 280 valence electrons. The number of nitrogens with one attached hydrogen (secondary N) is 2. The van der Waals surface area contributed by atoms with Gasteiger partial charge in [0.2, 0.25) is 11.8 Å². The number of pyridine rings is 2. The molecule has 1 atom stereocenters. The van der Waals surface area contributed by atoms with Gasteiger partial charge in [0.05, 0.1) is 40.1 Å². The topological polar surface area (TPSA) is 114 Å². The number of unbranched alkanes of at least 4 members (excludes halogenated alkanes) is 1. The number of anilines is 2. The van der Waals surface area contributed by atoms with E-state index in [1.54, 1.807) is 32.4 Å². The summed E-state index contributed by atoms with van der Waals surface area (Å²) in [6, 6.07) is 14.1. The number of methoxy groups -OCH3 is 1. The number of halogens is 4. The van der Waals surface area contributed by atoms with Crippen molar-refractivity contribution in [3.05, 3.63) is 91.9 Å². The van der Waals surface area contributed by atoms with Crippen LogP contribution in [-0.2, 0) is 18.3 Å². The second-order valence-corrected chi connectivity index (χ2v) is 13.2. The van der Waals surface area contributed by atoms with Crippen LogP contribution in [0.25, 0.3) is 33.2 Å². The molecule has 1 unspecified atom stereocenters. The third-order valence-electron chi connectivity index (χ3n) is 9.29. The molecule has 3 aromatic heterocycles. The molecular formula is C39H43Cl2F2N7O3. The molecule has 0 spiro atoms. The van der Waals surface area contributed by atoms with Crippen LogP contribution in [0, 0.1) is 0 Å². The number of nitrogens with zero attached hydrogens (tertiary/aromatic N) is 5. The van der Waals surface area contributed by atoms with E-state index in [1.165, 1.54) is 13.2 Å². The highest BCUT2D eigenvalue weighted by atomic mass is 35.5. The zero-order chi connectivity index (χ0) is 38.4. The molecule has 1 aliphatic rings. The predicted octanol–water partition coefficient (Wildman–Crippen LogP) is 8.92. The number of aryl methyl sites for hydroxylation is 2. The maximum Gasteiger partial charge on any atom is 0.280 e. The fourth-order valence-corrected chi connectivity index (χ4v) is 7.22. The smallest absolute Gasteiger partial charge is 0.280 e. The van der Waals surface area contributed by atoms with Crippen LogP contribution in [0.15, 0.2) is 59.5 Å². The molecule has 0 aliphatic heterocycles. The molecule has 1 amide bonds. The SMILES string of the molecule is CC.CNC(=O)CCCCN(C)C1CCc2cc(-c3cccc(-c4cccc(Nc5nc(C(F)F)cc6cnn(C)c(=O)c56)c4Cl)c3Cl)nc(OC)c21. The molecule has 0 radical (unpaired) electrons. The van der Waals surface area contributed by atoms with E-state index in [2.05, 4.69) is 38.7 Å². The summed E-state index contributed by atoms with van der Waals surface area (Å²) in [4.78, 5) is 35.9. The standard InChI is InChI=1S/C37H37Cl2F2N7O3.C2H6/c1-42-29(49)13-5-6-16-47(2)28-15-14-20-17-26(46-36(51-4)30(20)28)24-11-7-9-22(32(24)38)23-10-8-12-25(33(23)39)44-35-31-21(18-27(45-35)34(40)41)19-43-48(3)37(31)50;1-2/h7-12,17-19,28,34H,5-6,13-16H2,1-4H3,(H,42,49)(H,44,45);1-2H3. The van der Waals surface area contributed by atoms with Crippen molar-refractivity contribution < 1.29 is 18.3 Å². The van der Waals surface area contributed by atoms with E-state index < -0.39 is 17.7 Å². The van der Waals surface area contributed by atoms with Gasteiger partial charge in [-0.25, -0.2) is 23.4 Å². The van der Waals surface area contributed by atoms with Crippen molar-refractivity contribution in [2.75, 3.05) is 33.1 Å². The van der Waals surface area contributed by atoms with Crippen molar-refractivity contribution in [2.45, 2.75) is 58.4 Å². The van der Waals surface area contributed by atoms with Crippen molar-refractivity contribution in [1.29, 1.82) is 0 Å². The summed E-state index contributed by atoms with van der Waals surface area (Å²) in [5, 5.41) is 10.6. The first-order valence-corrected chi connectivity index (χ1v) is 18.3. The Bertz CT molecular complexity index is 2180. The maximum atomic E-state index is 13.8. The summed E-state index contributed by atoms with van der Waals surface area (Å²) in [6.07, 6.45) is 2.46. The number of benzene rings is 2. The molecule has 53 heavy (non-hydrogen) atoms. The van der Waals surface area contributed by atoms with Gasteiger partial charge >= 0.3 is 0 Å². The number of rotatable bonds is 12. The monoisotopic (exact) mass is 765 g/mol. The number of aromatic nitrogens is 4. The summed E-state index contributed by atoms with van der Waals surface area (Å²) >= 11 is 14.1. The molecule has 0 saturated heterocycles. The van der Waals surface area contributed by atoms with Crippen molar-refractivity contribution in [3.63, 3.8) is 0 Å². The van der Waals surface area contributed by atoms with Crippen LogP contribution in [0.5, 0.6) is 5.88 Å². The highest BCUT2D eigenvalue weighted by molar-refractivity contribution is 6.39. The molecule has 0 saturated carbocycles. The number of fused-ring (bicyclic) bond motifs is 2. The number of ether oxygens (including phenoxy) is 1. The van der Waals surface area contributed by atoms with Gasteiger partial charge in [-0.2, -0.15) is 5.10 Å². The summed E-state index contributed by atoms with van der Waals surface area (Å²) in [7, 11) is 6.82. The molecule has 3 heterocycles. The Morgan fingerprint density at radius 1 is 1.06 bits per heavy atom. The van der Waals surface area contributed by atoms with Crippen LogP contribution in [-0.4, -0.2) is 58.3 Å². The Kier molecular flexibility index (Phi) is 13.0. The number of hydrogen-bond donors (Lipinski definition) is 2. The lowest BCUT2D eigenvalue weighted by Gasteiger charge is -2.26. The summed E-state index contributed by atoms with van der Waals surface area (Å²) in [5.74, 6) is 0.527. The van der Waals surface area contributed by atoms with Gasteiger partial charge in [0.25, 0.3) is 12.0 Å². The third kappa shape index (κ3) is 8.30. The van der Waals surface area contributed by atoms with Crippen molar-refractivity contribution in [2.24, 2.45) is 7.05 Å². The molecule has 5 aromatic rings. The first kappa shape index (κ1) is 39.6. The second kappa shape index (κ2) is 17.5. The molecule has 2 N–H and O–H groups in total. The predicted molar refractivity (Wildman–Crippen MR) is 208 cm³/mol. The molecular weight excluding hydrogens is 723 g/mol. The summed E-state index contributed by atoms with van der Waals surface area (Å²) in [5.41, 5.74) is 4.07. The fraction of sp³-hybridized carbons (Fsp3) is 0.359. The van der Waals surface area contributed by atoms with Crippen LogP contribution in [0.3, 0.4) is 0 Å². The van der Waals surface area contributed by atoms with E-state index in [9.17, 15) is 18.4 Å². The molecule has 6 rings (SSSR count). The minimum atomic E-state index is -2.87. The van der Waals surface area contributed by atoms with Crippen molar-refractivity contribution >= 4 is 51.4 Å². The van der Waals surface area contributed by atoms with Gasteiger partial charge in [-0.15, -0.1) is 0 Å². The third-order valence-corrected chi connectivity index (χ3v) is 10.1. The van der Waals surface area contributed by atoms with E-state index in [-0.39, 0.29) is 33.6 Å². The average molecular weight is 767 g/mol. The molecule has 0 fully saturated rings. The number of hydrogen-bond acceptors (Lipinski definition) is 8. The molecule has 2 aromatic carbocycles. The van der Waals surface area contributed by atoms with E-state index in [1.807, 2.05) is 32.0 Å². The van der Waals surface area contributed by atoms with Gasteiger partial charge in [-0.3, -0.25) is 14.5 Å². The lowest BCUT2D eigenvalue weighted by Crippen LogP contribution is -2.25. The Morgan fingerprint density at radius 2 is 1.75 bits per heavy atom. The zero-order valence-electron chi connectivity index (χ0n) is 30.6. The van der Waals surface area contributed by atoms with Gasteiger partial charge < -0.3 is 15.4 Å². The normalized spacial score (nSPS) is 13.5. The first-order chi connectivity index (χ1) is 25.5. The molecule has 0 bridgehead atoms. The van der Waals surface area contributed by atoms with Gasteiger partial charge in [0, 0.05) is 54.2 Å². The second-order valence-electron chi connectivity index (χ2n) is 12.4. The van der Waals surface area contributed by atoms with Crippen molar-refractivity contribution in [1.82, 2.24) is 30.0 Å². The number of alkyl halides is 2. The van der Waals surface area contributed by atoms with Crippen LogP contribution in [0.1, 0.15) is 68.8 Å². The molecule has 10 nitrogen and oxygen atoms in total. The van der Waals surface area contributed by atoms with Crippen molar-refractivity contribution in [3.8, 4) is 28.3 Å². The fourth-order valence-electron chi connectivity index (χ4n) is 6.62. The zero-order valence-corrected chi connectivity index (χ0v) is 32.1. The van der Waals surface area contributed by atoms with Gasteiger partial charge in [-0.1, -0.05) is 67.4 Å². The van der Waals surface area contributed by atoms with Gasteiger partial charge in [0.1, 0.15) is 11.5 Å². The lowest BCUT2D eigenvalue weighted by molar-refractivity contribution is -0.120. The quantitative estimate of drug-likeness (QED) is 0.121. The Hall–Kier alpha value is -4.65. The van der Waals surface area contributed by atoms with Crippen LogP contribution in [0.2, 0.25) is 10.0 Å². The van der Waals surface area contributed by atoms with Crippen LogP contribution >= 0.6 is 23.2 Å². The number of carbonyl (C=O) groups excluding carboxylic acids is 1. The summed E-state index contributed by atoms with van der Waals surface area (Å²) < 4.78 is 34.5. The summed E-state index contributed by atoms with van der Waals surface area (Å²) in [6.45, 7) is 4.84. The van der Waals surface area contributed by atoms with Gasteiger partial charge in [0.15, 0.2) is 0 Å². The number of carbonyl (C=O) groups is 1. The Morgan fingerprint density at radius 3 is 2.45 bits per heavy atom. The van der Waals surface area contributed by atoms with E-state index in [0.29, 0.717) is 45.4 Å². The Balaban J connectivity index is 0.00000266. The van der Waals surface area contributed by atoms with E-state index in [4.69, 9.17) is 32.9 Å². The molecule has 1 aliphatic carbocycles. The maximum absolute atomic E-state index is 13.8. The van der Waals surface area contributed by atoms with E-state index >= 15 is 0 Å². The number of amides is 1. The van der Waals surface area contributed by atoms with Crippen LogP contribution < -0.4 is 20.9 Å². The lowest BCUT2D eigenvalue weighted by atomic mass is 9.99.